The molecule has 2 heterocycles. The van der Waals surface area contributed by atoms with Crippen LogP contribution in [0.25, 0.3) is 0 Å². The molecule has 2 aliphatic heterocycles. The van der Waals surface area contributed by atoms with Crippen molar-refractivity contribution in [1.82, 2.24) is 25.1 Å². The zero-order chi connectivity index (χ0) is 33.3. The highest BCUT2D eigenvalue weighted by molar-refractivity contribution is 5.92. The number of nitrogens with one attached hydrogen (secondary N) is 1. The number of fused-ring (bicyclic) bond motifs is 1. The van der Waals surface area contributed by atoms with Gasteiger partial charge in [-0.3, -0.25) is 9.59 Å². The summed E-state index contributed by atoms with van der Waals surface area (Å²) < 4.78 is 41.9. The molecule has 2 aliphatic rings. The number of amides is 4. The number of anilines is 1. The number of rotatable bonds is 7. The molecule has 0 saturated carbocycles. The molecule has 13 heteroatoms. The first-order chi connectivity index (χ1) is 21.7. The van der Waals surface area contributed by atoms with Gasteiger partial charge < -0.3 is 25.1 Å². The Balaban J connectivity index is 0.00000500. The van der Waals surface area contributed by atoms with Crippen LogP contribution >= 0.6 is 0 Å². The van der Waals surface area contributed by atoms with Gasteiger partial charge >= 0.3 is 12.2 Å². The molecule has 4 amide bonds. The van der Waals surface area contributed by atoms with Gasteiger partial charge in [0.1, 0.15) is 18.0 Å². The predicted molar refractivity (Wildman–Crippen MR) is 172 cm³/mol. The number of nitrogens with zero attached hydrogens (tertiary/aromatic N) is 5. The molecule has 0 radical (unpaired) electrons. The monoisotopic (exact) mass is 654 g/mol. The van der Waals surface area contributed by atoms with Crippen molar-refractivity contribution < 1.29 is 32.7 Å². The Morgan fingerprint density at radius 1 is 1.02 bits per heavy atom. The van der Waals surface area contributed by atoms with Crippen LogP contribution in [-0.4, -0.2) is 89.2 Å². The number of benzene rings is 3. The normalized spacial score (nSPS) is 19.2. The molecule has 10 nitrogen and oxygen atoms in total. The number of hydrazine groups is 1. The largest absolute Gasteiger partial charge is 0.508 e. The predicted octanol–water partition coefficient (Wildman–Crippen LogP) is 4.85. The molecule has 0 aromatic heterocycles. The van der Waals surface area contributed by atoms with Gasteiger partial charge in [-0.1, -0.05) is 49.9 Å². The van der Waals surface area contributed by atoms with Crippen LogP contribution in [0.5, 0.6) is 5.75 Å². The third-order valence-corrected chi connectivity index (χ3v) is 8.48. The summed E-state index contributed by atoms with van der Waals surface area (Å²) in [5, 5.41) is 15.6. The molecule has 5 rings (SSSR count). The lowest BCUT2D eigenvalue weighted by Gasteiger charge is -2.55. The highest BCUT2D eigenvalue weighted by atomic mass is 19.4. The Morgan fingerprint density at radius 3 is 2.30 bits per heavy atom. The maximum atomic E-state index is 14.3. The third-order valence-electron chi connectivity index (χ3n) is 8.48. The number of hydrogen-bond acceptors (Lipinski definition) is 6. The maximum absolute atomic E-state index is 14.3. The Hall–Kier alpha value is -4.78. The molecule has 0 aliphatic carbocycles. The minimum atomic E-state index is -4.61. The van der Waals surface area contributed by atoms with E-state index in [-0.39, 0.29) is 50.7 Å². The number of urea groups is 1. The van der Waals surface area contributed by atoms with Crippen molar-refractivity contribution in [2.75, 3.05) is 39.1 Å². The Morgan fingerprint density at radius 2 is 1.68 bits per heavy atom. The minimum absolute atomic E-state index is 0. The number of aromatic hydroxyl groups is 1. The fourth-order valence-corrected chi connectivity index (χ4v) is 6.00. The van der Waals surface area contributed by atoms with Gasteiger partial charge in [0.05, 0.1) is 24.7 Å². The number of carbonyl (C=O) groups excluding carboxylic acids is 3. The molecule has 3 aromatic rings. The Bertz CT molecular complexity index is 1580. The van der Waals surface area contributed by atoms with E-state index in [1.54, 1.807) is 51.2 Å². The average molecular weight is 655 g/mol. The van der Waals surface area contributed by atoms with E-state index in [1.807, 2.05) is 30.3 Å². The van der Waals surface area contributed by atoms with Gasteiger partial charge in [0.25, 0.3) is 0 Å². The summed E-state index contributed by atoms with van der Waals surface area (Å²) >= 11 is 0. The summed E-state index contributed by atoms with van der Waals surface area (Å²) in [7, 11) is 4.88. The van der Waals surface area contributed by atoms with Gasteiger partial charge in [0.15, 0.2) is 0 Å². The molecule has 2 fully saturated rings. The topological polar surface area (TPSA) is 99.7 Å². The number of likely N-dealkylation sites (N-methyl/N-ethyl adjacent to an activating group) is 1. The van der Waals surface area contributed by atoms with Crippen LogP contribution in [0.3, 0.4) is 0 Å². The van der Waals surface area contributed by atoms with E-state index in [4.69, 9.17) is 0 Å². The zero-order valence-electron chi connectivity index (χ0n) is 26.0. The van der Waals surface area contributed by atoms with Crippen LogP contribution in [0, 0.1) is 0 Å². The maximum Gasteiger partial charge on any atom is 0.416 e. The standard InChI is InChI=1S/C33H37F3N6O4.CH4/c1-21(24-15-25(33(34,35)36)17-26(16-24)38(2)3)40-19-29-41(28(31(40)45)14-22-10-12-27(43)13-11-22)30(44)20-39(4)42(29)32(46)37-18-23-8-6-5-7-9-23;/h5-13,15-17,21,28-29,43H,14,18-20H2,1-4H3,(H,37,46);1H4/t21-,28+,29+;/m1./s1. The van der Waals surface area contributed by atoms with Gasteiger partial charge in [-0.05, 0) is 53.9 Å². The second kappa shape index (κ2) is 13.9. The van der Waals surface area contributed by atoms with Crippen LogP contribution in [0.1, 0.15) is 42.6 Å². The first kappa shape index (κ1) is 35.1. The molecule has 2 saturated heterocycles. The average Bonchev–Trinajstić information content (AvgIpc) is 3.01. The minimum Gasteiger partial charge on any atom is -0.508 e. The number of phenols is 1. The van der Waals surface area contributed by atoms with Gasteiger partial charge in [-0.25, -0.2) is 14.8 Å². The van der Waals surface area contributed by atoms with E-state index < -0.39 is 41.9 Å². The van der Waals surface area contributed by atoms with Gasteiger partial charge in [0.2, 0.25) is 11.8 Å². The van der Waals surface area contributed by atoms with E-state index in [0.717, 1.165) is 17.7 Å². The number of hydrogen-bond donors (Lipinski definition) is 2. The van der Waals surface area contributed by atoms with Crippen LogP contribution in [0.4, 0.5) is 23.7 Å². The lowest BCUT2D eigenvalue weighted by Crippen LogP contribution is -2.76. The van der Waals surface area contributed by atoms with Crippen molar-refractivity contribution in [3.05, 3.63) is 95.1 Å². The molecular formula is C34H41F3N6O4. The van der Waals surface area contributed by atoms with E-state index >= 15 is 0 Å². The van der Waals surface area contributed by atoms with Crippen LogP contribution in [0.2, 0.25) is 0 Å². The Labute approximate surface area is 272 Å². The van der Waals surface area contributed by atoms with Crippen molar-refractivity contribution in [2.45, 2.75) is 51.7 Å². The second-order valence-corrected chi connectivity index (χ2v) is 11.8. The van der Waals surface area contributed by atoms with Crippen molar-refractivity contribution in [1.29, 1.82) is 0 Å². The molecule has 3 aromatic carbocycles. The van der Waals surface area contributed by atoms with E-state index in [0.29, 0.717) is 11.3 Å². The molecule has 3 atom stereocenters. The molecule has 0 unspecified atom stereocenters. The molecule has 0 spiro atoms. The summed E-state index contributed by atoms with van der Waals surface area (Å²) in [5.74, 6) is -0.786. The summed E-state index contributed by atoms with van der Waals surface area (Å²) in [4.78, 5) is 46.0. The molecule has 47 heavy (non-hydrogen) atoms. The highest BCUT2D eigenvalue weighted by Crippen LogP contribution is 2.37. The second-order valence-electron chi connectivity index (χ2n) is 11.8. The van der Waals surface area contributed by atoms with Gasteiger partial charge in [-0.15, -0.1) is 0 Å². The number of phenolic OH excluding ortho intramolecular Hbond substituents is 1. The first-order valence-corrected chi connectivity index (χ1v) is 14.9. The van der Waals surface area contributed by atoms with Crippen LogP contribution < -0.4 is 10.2 Å². The lowest BCUT2D eigenvalue weighted by atomic mass is 9.95. The van der Waals surface area contributed by atoms with Crippen molar-refractivity contribution in [2.24, 2.45) is 0 Å². The quantitative estimate of drug-likeness (QED) is 0.378. The van der Waals surface area contributed by atoms with Crippen molar-refractivity contribution >= 4 is 23.5 Å². The molecule has 252 valence electrons. The van der Waals surface area contributed by atoms with E-state index in [9.17, 15) is 32.7 Å². The van der Waals surface area contributed by atoms with Crippen LogP contribution in [0.15, 0.2) is 72.8 Å². The fraction of sp³-hybridized carbons (Fsp3) is 0.382. The summed E-state index contributed by atoms with van der Waals surface area (Å²) in [6.45, 7) is 1.57. The Kier molecular flexibility index (Phi) is 10.4. The van der Waals surface area contributed by atoms with Crippen molar-refractivity contribution in [3.8, 4) is 5.75 Å². The number of carbonyl (C=O) groups is 3. The molecule has 0 bridgehead atoms. The SMILES string of the molecule is C.C[C@H](c1cc(N(C)C)cc(C(F)(F)F)c1)N1C[C@H]2N(C(=O)CN(C)N2C(=O)NCc2ccccc2)[C@@H](Cc2ccc(O)cc2)C1=O. The summed E-state index contributed by atoms with van der Waals surface area (Å²) in [6, 6.07) is 16.8. The van der Waals surface area contributed by atoms with Gasteiger partial charge in [0, 0.05) is 39.8 Å². The lowest BCUT2D eigenvalue weighted by molar-refractivity contribution is -0.189. The number of piperazine rings is 1. The van der Waals surface area contributed by atoms with E-state index in [1.165, 1.54) is 32.0 Å². The molecule has 2 N–H and O–H groups in total. The van der Waals surface area contributed by atoms with Crippen molar-refractivity contribution in [3.63, 3.8) is 0 Å². The first-order valence-electron chi connectivity index (χ1n) is 14.9. The smallest absolute Gasteiger partial charge is 0.416 e. The zero-order valence-corrected chi connectivity index (χ0v) is 26.0. The summed E-state index contributed by atoms with van der Waals surface area (Å²) in [5.41, 5.74) is 1.26. The van der Waals surface area contributed by atoms with Gasteiger partial charge in [-0.2, -0.15) is 13.2 Å². The molecular weight excluding hydrogens is 613 g/mol. The summed E-state index contributed by atoms with van der Waals surface area (Å²) in [6.07, 6.45) is -5.49. The third kappa shape index (κ3) is 7.46. The number of halogens is 3. The fourth-order valence-electron chi connectivity index (χ4n) is 6.00. The van der Waals surface area contributed by atoms with E-state index in [2.05, 4.69) is 5.32 Å². The highest BCUT2D eigenvalue weighted by Gasteiger charge is 2.51. The van der Waals surface area contributed by atoms with Crippen LogP contribution in [-0.2, 0) is 28.7 Å². The number of alkyl halides is 3.